The van der Waals surface area contributed by atoms with E-state index in [9.17, 15) is 19.7 Å². The molecule has 154 valence electrons. The molecular weight excluding hydrogens is 375 g/mol. The first-order valence-corrected chi connectivity index (χ1v) is 10.4. The molecule has 0 bridgehead atoms. The molecule has 1 aliphatic heterocycles. The van der Waals surface area contributed by atoms with Crippen molar-refractivity contribution in [1.82, 2.24) is 0 Å². The molecule has 1 aliphatic rings. The van der Waals surface area contributed by atoms with Gasteiger partial charge in [0, 0.05) is 5.56 Å². The number of fused-ring (bicyclic) bond motifs is 1. The molecule has 8 nitrogen and oxygen atoms in total. The van der Waals surface area contributed by atoms with Gasteiger partial charge in [-0.05, 0) is 64.2 Å². The number of aliphatic hydroxyl groups is 3. The summed E-state index contributed by atoms with van der Waals surface area (Å²) in [6.45, 7) is 7.79. The summed E-state index contributed by atoms with van der Waals surface area (Å²) in [4.78, 5) is 9.97. The van der Waals surface area contributed by atoms with Crippen molar-refractivity contribution in [3.63, 3.8) is 0 Å². The molecule has 0 spiro atoms. The highest BCUT2D eigenvalue weighted by Gasteiger charge is 2.39. The molecular formula is C18H29O8P. The Kier molecular flexibility index (Phi) is 6.62. The van der Waals surface area contributed by atoms with Crippen LogP contribution >= 0.6 is 7.82 Å². The summed E-state index contributed by atoms with van der Waals surface area (Å²) in [5.74, 6) is 0.899. The van der Waals surface area contributed by atoms with Gasteiger partial charge >= 0.3 is 7.82 Å². The van der Waals surface area contributed by atoms with Gasteiger partial charge in [0.25, 0.3) is 0 Å². The highest BCUT2D eigenvalue weighted by Crippen LogP contribution is 2.50. The Hall–Kier alpha value is -1.15. The molecule has 0 aliphatic carbocycles. The van der Waals surface area contributed by atoms with Gasteiger partial charge in [-0.25, -0.2) is 4.57 Å². The van der Waals surface area contributed by atoms with Gasteiger partial charge in [-0.15, -0.1) is 0 Å². The topological polar surface area (TPSA) is 126 Å². The van der Waals surface area contributed by atoms with E-state index < -0.39 is 38.8 Å². The highest BCUT2D eigenvalue weighted by atomic mass is 31.2. The van der Waals surface area contributed by atoms with Gasteiger partial charge in [-0.1, -0.05) is 0 Å². The lowest BCUT2D eigenvalue weighted by molar-refractivity contribution is -0.0455. The van der Waals surface area contributed by atoms with E-state index in [1.807, 2.05) is 13.8 Å². The molecule has 1 heterocycles. The monoisotopic (exact) mass is 404 g/mol. The van der Waals surface area contributed by atoms with Crippen LogP contribution in [0.5, 0.6) is 11.5 Å². The third-order valence-electron chi connectivity index (χ3n) is 5.25. The van der Waals surface area contributed by atoms with E-state index in [0.717, 1.165) is 11.1 Å². The van der Waals surface area contributed by atoms with Crippen LogP contribution in [0, 0.1) is 20.8 Å². The summed E-state index contributed by atoms with van der Waals surface area (Å²) in [6, 6.07) is 0. The van der Waals surface area contributed by atoms with Gasteiger partial charge in [0.05, 0.1) is 19.3 Å². The van der Waals surface area contributed by atoms with Crippen LogP contribution in [-0.4, -0.2) is 51.2 Å². The summed E-state index contributed by atoms with van der Waals surface area (Å²) in [6.07, 6.45) is -0.699. The summed E-state index contributed by atoms with van der Waals surface area (Å²) in [7, 11) is -4.48. The second-order valence-corrected chi connectivity index (χ2v) is 8.67. The van der Waals surface area contributed by atoms with Crippen molar-refractivity contribution in [3.05, 3.63) is 22.3 Å². The Bertz CT molecular complexity index is 748. The summed E-state index contributed by atoms with van der Waals surface area (Å²) in [5, 5.41) is 28.1. The first-order chi connectivity index (χ1) is 12.4. The van der Waals surface area contributed by atoms with Gasteiger partial charge in [-0.3, -0.25) is 9.42 Å². The van der Waals surface area contributed by atoms with Crippen LogP contribution in [0.3, 0.4) is 0 Å². The maximum atomic E-state index is 12.2. The summed E-state index contributed by atoms with van der Waals surface area (Å²) >= 11 is 0. The number of hydrogen-bond acceptors (Lipinski definition) is 7. The molecule has 0 amide bonds. The fourth-order valence-electron chi connectivity index (χ4n) is 3.06. The first kappa shape index (κ1) is 22.1. The Balaban J connectivity index is 2.36. The number of phosphoric acid groups is 1. The Morgan fingerprint density at radius 3 is 2.41 bits per heavy atom. The number of rotatable bonds is 7. The van der Waals surface area contributed by atoms with E-state index in [2.05, 4.69) is 0 Å². The Morgan fingerprint density at radius 2 is 1.85 bits per heavy atom. The van der Waals surface area contributed by atoms with E-state index in [-0.39, 0.29) is 5.75 Å². The van der Waals surface area contributed by atoms with Gasteiger partial charge in [-0.2, -0.15) is 0 Å². The minimum atomic E-state index is -4.48. The van der Waals surface area contributed by atoms with Crippen molar-refractivity contribution < 1.29 is 38.6 Å². The molecule has 9 heteroatoms. The lowest BCUT2D eigenvalue weighted by Crippen LogP contribution is -2.46. The molecule has 0 radical (unpaired) electrons. The highest BCUT2D eigenvalue weighted by molar-refractivity contribution is 7.47. The predicted molar refractivity (Wildman–Crippen MR) is 99.2 cm³/mol. The van der Waals surface area contributed by atoms with Crippen LogP contribution in [-0.2, 0) is 15.5 Å². The van der Waals surface area contributed by atoms with Crippen LogP contribution in [0.4, 0.5) is 0 Å². The summed E-state index contributed by atoms with van der Waals surface area (Å²) in [5.41, 5.74) is 2.21. The van der Waals surface area contributed by atoms with Crippen LogP contribution in [0.2, 0.25) is 0 Å². The molecule has 0 saturated heterocycles. The lowest BCUT2D eigenvalue weighted by atomic mass is 9.85. The van der Waals surface area contributed by atoms with Crippen molar-refractivity contribution in [2.45, 2.75) is 65.3 Å². The minimum Gasteiger partial charge on any atom is -0.484 e. The van der Waals surface area contributed by atoms with Crippen molar-refractivity contribution in [1.29, 1.82) is 0 Å². The average Bonchev–Trinajstić information content (AvgIpc) is 2.61. The lowest BCUT2D eigenvalue weighted by Gasteiger charge is -2.40. The quantitative estimate of drug-likeness (QED) is 0.508. The zero-order chi connectivity index (χ0) is 20.6. The van der Waals surface area contributed by atoms with Crippen molar-refractivity contribution in [2.75, 3.05) is 13.2 Å². The number of aliphatic hydroxyl groups excluding tert-OH is 3. The zero-order valence-corrected chi connectivity index (χ0v) is 17.2. The molecule has 0 fully saturated rings. The molecule has 1 aromatic rings. The molecule has 27 heavy (non-hydrogen) atoms. The van der Waals surface area contributed by atoms with Crippen molar-refractivity contribution in [2.24, 2.45) is 0 Å². The summed E-state index contributed by atoms with van der Waals surface area (Å²) < 4.78 is 28.4. The second-order valence-electron chi connectivity index (χ2n) is 7.29. The van der Waals surface area contributed by atoms with E-state index in [0.29, 0.717) is 29.7 Å². The minimum absolute atomic E-state index is 0.236. The van der Waals surface area contributed by atoms with E-state index in [1.54, 1.807) is 20.8 Å². The first-order valence-electron chi connectivity index (χ1n) is 8.87. The Morgan fingerprint density at radius 1 is 1.22 bits per heavy atom. The SMILES string of the molecule is Cc1c(C)c2c(c(C)c1OP(=O)(O)OC[C@@H](O)CO)CCC(C)(C(C)O)O2. The maximum absolute atomic E-state index is 12.2. The smallest absolute Gasteiger partial charge is 0.484 e. The fraction of sp³-hybridized carbons (Fsp3) is 0.667. The zero-order valence-electron chi connectivity index (χ0n) is 16.4. The van der Waals surface area contributed by atoms with Crippen molar-refractivity contribution in [3.8, 4) is 11.5 Å². The van der Waals surface area contributed by atoms with Crippen molar-refractivity contribution >= 4 is 7.82 Å². The average molecular weight is 404 g/mol. The Labute approximate surface area is 159 Å². The van der Waals surface area contributed by atoms with Crippen LogP contribution < -0.4 is 9.26 Å². The number of hydrogen-bond donors (Lipinski definition) is 4. The second kappa shape index (κ2) is 8.07. The van der Waals surface area contributed by atoms with Gasteiger partial charge in [0.1, 0.15) is 23.2 Å². The number of phosphoric ester groups is 1. The standard InChI is InChI=1S/C18H29O8P/c1-10-11(2)17-15(6-7-18(5,25-17)13(4)20)12(3)16(10)26-27(22,23)24-9-14(21)8-19/h13-14,19-21H,6-9H2,1-5H3,(H,22,23)/t13?,14-,18?/m0/s1. The molecule has 0 aromatic heterocycles. The molecule has 3 unspecified atom stereocenters. The predicted octanol–water partition coefficient (Wildman–Crippen LogP) is 1.93. The molecule has 1 aromatic carbocycles. The number of benzene rings is 1. The normalized spacial score (nSPS) is 23.7. The maximum Gasteiger partial charge on any atom is 0.527 e. The third-order valence-corrected chi connectivity index (χ3v) is 6.14. The molecule has 4 atom stereocenters. The van der Waals surface area contributed by atoms with Gasteiger partial charge in [0.15, 0.2) is 0 Å². The van der Waals surface area contributed by atoms with E-state index >= 15 is 0 Å². The fourth-order valence-corrected chi connectivity index (χ4v) is 3.98. The number of ether oxygens (including phenoxy) is 1. The van der Waals surface area contributed by atoms with E-state index in [4.69, 9.17) is 18.9 Å². The van der Waals surface area contributed by atoms with Crippen LogP contribution in [0.25, 0.3) is 0 Å². The van der Waals surface area contributed by atoms with Crippen LogP contribution in [0.1, 0.15) is 42.5 Å². The molecule has 2 rings (SSSR count). The van der Waals surface area contributed by atoms with Gasteiger partial charge in [0.2, 0.25) is 0 Å². The van der Waals surface area contributed by atoms with Crippen LogP contribution in [0.15, 0.2) is 0 Å². The third kappa shape index (κ3) is 4.65. The molecule has 0 saturated carbocycles. The van der Waals surface area contributed by atoms with Gasteiger partial charge < -0.3 is 24.6 Å². The molecule has 4 N–H and O–H groups in total. The largest absolute Gasteiger partial charge is 0.527 e. The van der Waals surface area contributed by atoms with E-state index in [1.165, 1.54) is 0 Å².